The minimum atomic E-state index is -0.356. The predicted octanol–water partition coefficient (Wildman–Crippen LogP) is 0.976. The first-order valence-corrected chi connectivity index (χ1v) is 11.8. The van der Waals surface area contributed by atoms with Gasteiger partial charge in [0.25, 0.3) is 11.5 Å². The van der Waals surface area contributed by atoms with Crippen LogP contribution in [0.25, 0.3) is 0 Å². The molecule has 0 aliphatic carbocycles. The third-order valence-electron chi connectivity index (χ3n) is 5.38. The van der Waals surface area contributed by atoms with E-state index in [0.29, 0.717) is 36.6 Å². The van der Waals surface area contributed by atoms with E-state index >= 15 is 0 Å². The fourth-order valence-corrected chi connectivity index (χ4v) is 3.45. The van der Waals surface area contributed by atoms with Gasteiger partial charge in [-0.25, -0.2) is 4.98 Å². The predicted molar refractivity (Wildman–Crippen MR) is 138 cm³/mol. The van der Waals surface area contributed by atoms with Crippen LogP contribution in [0.5, 0.6) is 5.75 Å². The molecule has 1 heterocycles. The summed E-state index contributed by atoms with van der Waals surface area (Å²) in [7, 11) is 0. The number of hydrogen-bond acceptors (Lipinski definition) is 7. The molecular weight excluding hydrogens is 460 g/mol. The summed E-state index contributed by atoms with van der Waals surface area (Å²) >= 11 is 0. The van der Waals surface area contributed by atoms with Crippen molar-refractivity contribution in [2.75, 3.05) is 31.6 Å². The average Bonchev–Trinajstić information content (AvgIpc) is 2.89. The number of amides is 2. The van der Waals surface area contributed by atoms with E-state index in [0.717, 1.165) is 12.0 Å². The van der Waals surface area contributed by atoms with Crippen LogP contribution >= 0.6 is 0 Å². The van der Waals surface area contributed by atoms with Crippen molar-refractivity contribution in [3.63, 3.8) is 0 Å². The number of para-hydroxylation sites is 1. The summed E-state index contributed by atoms with van der Waals surface area (Å²) in [6.45, 7) is 2.87. The molecule has 0 fully saturated rings. The number of aromatic nitrogens is 2. The topological polar surface area (TPSA) is 140 Å². The second-order valence-electron chi connectivity index (χ2n) is 8.11. The Bertz CT molecular complexity index is 1210. The molecule has 0 saturated carbocycles. The van der Waals surface area contributed by atoms with Crippen LogP contribution in [-0.4, -0.2) is 47.6 Å². The summed E-state index contributed by atoms with van der Waals surface area (Å²) in [5.74, 6) is 0.0796. The van der Waals surface area contributed by atoms with Crippen LogP contribution < -0.4 is 32.0 Å². The van der Waals surface area contributed by atoms with Crippen LogP contribution in [0.4, 0.5) is 5.82 Å². The fourth-order valence-electron chi connectivity index (χ4n) is 3.45. The van der Waals surface area contributed by atoms with Gasteiger partial charge in [-0.2, -0.15) is 0 Å². The summed E-state index contributed by atoms with van der Waals surface area (Å²) in [5.41, 5.74) is 7.46. The van der Waals surface area contributed by atoms with Crippen LogP contribution in [0.15, 0.2) is 65.6 Å². The van der Waals surface area contributed by atoms with Crippen LogP contribution in [0.1, 0.15) is 16.8 Å². The Morgan fingerprint density at radius 3 is 2.53 bits per heavy atom. The number of anilines is 1. The molecule has 1 aromatic heterocycles. The highest BCUT2D eigenvalue weighted by molar-refractivity contribution is 5.77. The Morgan fingerprint density at radius 2 is 1.75 bits per heavy atom. The van der Waals surface area contributed by atoms with E-state index in [1.165, 1.54) is 4.57 Å². The second-order valence-corrected chi connectivity index (χ2v) is 8.11. The smallest absolute Gasteiger partial charge is 0.293 e. The minimum Gasteiger partial charge on any atom is -0.483 e. The standard InChI is InChI=1S/C26H32N6O4/c1-19-15-31-25(29-13-11-20-7-3-2-4-8-20)26(35)32(19)17-23(33)30-16-21-9-5-6-10-22(21)36-18-24(34)28-14-12-27/h2-10,15H,11-14,16-18,27H2,1H3,(H,28,34)(H,29,31)(H,30,33). The summed E-state index contributed by atoms with van der Waals surface area (Å²) in [6, 6.07) is 17.1. The third kappa shape index (κ3) is 7.95. The lowest BCUT2D eigenvalue weighted by Crippen LogP contribution is -2.35. The molecule has 0 saturated heterocycles. The van der Waals surface area contributed by atoms with Gasteiger partial charge in [-0.05, 0) is 25.0 Å². The SMILES string of the molecule is Cc1cnc(NCCc2ccccc2)c(=O)n1CC(=O)NCc1ccccc1OCC(=O)NCCN. The van der Waals surface area contributed by atoms with E-state index in [9.17, 15) is 14.4 Å². The lowest BCUT2D eigenvalue weighted by Gasteiger charge is -2.14. The fraction of sp³-hybridized carbons (Fsp3) is 0.308. The molecule has 5 N–H and O–H groups in total. The molecule has 0 spiro atoms. The highest BCUT2D eigenvalue weighted by atomic mass is 16.5. The van der Waals surface area contributed by atoms with E-state index < -0.39 is 0 Å². The van der Waals surface area contributed by atoms with E-state index in [2.05, 4.69) is 20.9 Å². The van der Waals surface area contributed by atoms with Crippen LogP contribution in [0.3, 0.4) is 0 Å². The summed E-state index contributed by atoms with van der Waals surface area (Å²) in [6.07, 6.45) is 2.31. The molecule has 10 heteroatoms. The maximum absolute atomic E-state index is 12.9. The first-order chi connectivity index (χ1) is 17.5. The van der Waals surface area contributed by atoms with Gasteiger partial charge in [-0.3, -0.25) is 19.0 Å². The molecule has 0 radical (unpaired) electrons. The Kier molecular flexibility index (Phi) is 10.0. The number of rotatable bonds is 13. The molecule has 36 heavy (non-hydrogen) atoms. The molecule has 0 bridgehead atoms. The van der Waals surface area contributed by atoms with Gasteiger partial charge < -0.3 is 26.4 Å². The van der Waals surface area contributed by atoms with Gasteiger partial charge >= 0.3 is 0 Å². The highest BCUT2D eigenvalue weighted by Crippen LogP contribution is 2.17. The lowest BCUT2D eigenvalue weighted by atomic mass is 10.1. The van der Waals surface area contributed by atoms with Crippen molar-refractivity contribution < 1.29 is 14.3 Å². The van der Waals surface area contributed by atoms with Crippen molar-refractivity contribution in [1.29, 1.82) is 0 Å². The normalized spacial score (nSPS) is 10.5. The van der Waals surface area contributed by atoms with Crippen LogP contribution in [0.2, 0.25) is 0 Å². The number of ether oxygens (including phenoxy) is 1. The number of nitrogens with two attached hydrogens (primary N) is 1. The summed E-state index contributed by atoms with van der Waals surface area (Å²) < 4.78 is 6.98. The Morgan fingerprint density at radius 1 is 1.00 bits per heavy atom. The van der Waals surface area contributed by atoms with E-state index in [-0.39, 0.29) is 42.9 Å². The number of benzene rings is 2. The Labute approximate surface area is 209 Å². The number of hydrogen-bond donors (Lipinski definition) is 4. The molecule has 0 unspecified atom stereocenters. The molecule has 190 valence electrons. The van der Waals surface area contributed by atoms with Crippen molar-refractivity contribution in [3.05, 3.63) is 88.0 Å². The first-order valence-electron chi connectivity index (χ1n) is 11.8. The number of carbonyl (C=O) groups excluding carboxylic acids is 2. The quantitative estimate of drug-likeness (QED) is 0.279. The maximum Gasteiger partial charge on any atom is 0.293 e. The molecule has 0 atom stereocenters. The van der Waals surface area contributed by atoms with Crippen molar-refractivity contribution in [2.24, 2.45) is 5.73 Å². The van der Waals surface area contributed by atoms with Crippen molar-refractivity contribution >= 4 is 17.6 Å². The Hall–Kier alpha value is -4.18. The second kappa shape index (κ2) is 13.6. The van der Waals surface area contributed by atoms with E-state index in [1.54, 1.807) is 31.3 Å². The first kappa shape index (κ1) is 26.4. The van der Waals surface area contributed by atoms with E-state index in [1.807, 2.05) is 36.4 Å². The van der Waals surface area contributed by atoms with Crippen molar-refractivity contribution in [2.45, 2.75) is 26.4 Å². The molecule has 10 nitrogen and oxygen atoms in total. The molecule has 0 aliphatic rings. The van der Waals surface area contributed by atoms with Crippen LogP contribution in [-0.2, 0) is 29.1 Å². The van der Waals surface area contributed by atoms with Gasteiger partial charge in [-0.1, -0.05) is 48.5 Å². The third-order valence-corrected chi connectivity index (χ3v) is 5.38. The number of carbonyl (C=O) groups is 2. The molecule has 2 amide bonds. The zero-order valence-electron chi connectivity index (χ0n) is 20.3. The number of nitrogens with zero attached hydrogens (tertiary/aromatic N) is 2. The van der Waals surface area contributed by atoms with E-state index in [4.69, 9.17) is 10.5 Å². The number of nitrogens with one attached hydrogen (secondary N) is 3. The molecule has 3 aromatic rings. The zero-order chi connectivity index (χ0) is 25.8. The average molecular weight is 493 g/mol. The van der Waals surface area contributed by atoms with Gasteiger partial charge in [0.05, 0.1) is 0 Å². The molecular formula is C26H32N6O4. The lowest BCUT2D eigenvalue weighted by molar-refractivity contribution is -0.123. The maximum atomic E-state index is 12.9. The minimum absolute atomic E-state index is 0.148. The monoisotopic (exact) mass is 492 g/mol. The summed E-state index contributed by atoms with van der Waals surface area (Å²) in [4.78, 5) is 41.6. The van der Waals surface area contributed by atoms with Gasteiger partial charge in [0, 0.05) is 43.6 Å². The van der Waals surface area contributed by atoms with Crippen molar-refractivity contribution in [1.82, 2.24) is 20.2 Å². The highest BCUT2D eigenvalue weighted by Gasteiger charge is 2.13. The summed E-state index contributed by atoms with van der Waals surface area (Å²) in [5, 5.41) is 8.52. The number of aryl methyl sites for hydroxylation is 1. The largest absolute Gasteiger partial charge is 0.483 e. The van der Waals surface area contributed by atoms with Gasteiger partial charge in [0.15, 0.2) is 12.4 Å². The van der Waals surface area contributed by atoms with Gasteiger partial charge in [-0.15, -0.1) is 0 Å². The Balaban J connectivity index is 1.56. The van der Waals surface area contributed by atoms with Gasteiger partial charge in [0.1, 0.15) is 12.3 Å². The molecule has 3 rings (SSSR count). The van der Waals surface area contributed by atoms with Crippen LogP contribution in [0, 0.1) is 6.92 Å². The van der Waals surface area contributed by atoms with Gasteiger partial charge in [0.2, 0.25) is 5.91 Å². The molecule has 2 aromatic carbocycles. The molecule has 0 aliphatic heterocycles. The van der Waals surface area contributed by atoms with Crippen molar-refractivity contribution in [3.8, 4) is 5.75 Å². The zero-order valence-corrected chi connectivity index (χ0v) is 20.3.